The normalized spacial score (nSPS) is 18.8. The van der Waals surface area contributed by atoms with Crippen LogP contribution in [0.1, 0.15) is 25.6 Å². The first-order chi connectivity index (χ1) is 10.1. The largest absolute Gasteiger partial charge is 0.486 e. The Bertz CT molecular complexity index is 609. The molecule has 21 heavy (non-hydrogen) atoms. The molecule has 0 radical (unpaired) electrons. The minimum Gasteiger partial charge on any atom is -0.486 e. The molecular weight excluding hydrogens is 266 g/mol. The highest BCUT2D eigenvalue weighted by atomic mass is 16.6. The van der Waals surface area contributed by atoms with Crippen molar-refractivity contribution in [3.05, 3.63) is 42.2 Å². The van der Waals surface area contributed by atoms with E-state index >= 15 is 0 Å². The van der Waals surface area contributed by atoms with Crippen LogP contribution in [0.3, 0.4) is 0 Å². The molecule has 0 saturated heterocycles. The molecule has 2 unspecified atom stereocenters. The van der Waals surface area contributed by atoms with Crippen molar-refractivity contribution in [3.63, 3.8) is 0 Å². The second-order valence-corrected chi connectivity index (χ2v) is 5.66. The molecule has 0 bridgehead atoms. The van der Waals surface area contributed by atoms with Crippen LogP contribution in [0.25, 0.3) is 0 Å². The van der Waals surface area contributed by atoms with E-state index in [0.717, 1.165) is 17.2 Å². The molecule has 0 saturated carbocycles. The maximum Gasteiger partial charge on any atom is 0.161 e. The second-order valence-electron chi connectivity index (χ2n) is 5.66. The lowest BCUT2D eigenvalue weighted by atomic mass is 10.1. The van der Waals surface area contributed by atoms with Gasteiger partial charge in [-0.3, -0.25) is 4.68 Å². The van der Waals surface area contributed by atoms with Crippen molar-refractivity contribution >= 4 is 0 Å². The van der Waals surface area contributed by atoms with Gasteiger partial charge >= 0.3 is 0 Å². The van der Waals surface area contributed by atoms with Gasteiger partial charge in [-0.1, -0.05) is 12.1 Å². The van der Waals surface area contributed by atoms with Gasteiger partial charge in [0.2, 0.25) is 0 Å². The van der Waals surface area contributed by atoms with Crippen LogP contribution in [-0.2, 0) is 6.42 Å². The lowest BCUT2D eigenvalue weighted by molar-refractivity contribution is 0.0720. The van der Waals surface area contributed by atoms with Crippen molar-refractivity contribution in [1.29, 1.82) is 0 Å². The van der Waals surface area contributed by atoms with Crippen LogP contribution >= 0.6 is 0 Å². The Labute approximate surface area is 124 Å². The maximum absolute atomic E-state index is 6.27. The van der Waals surface area contributed by atoms with E-state index in [4.69, 9.17) is 15.2 Å². The highest BCUT2D eigenvalue weighted by Crippen LogP contribution is 2.31. The average Bonchev–Trinajstić information content (AvgIpc) is 2.95. The summed E-state index contributed by atoms with van der Waals surface area (Å²) >= 11 is 0. The fourth-order valence-electron chi connectivity index (χ4n) is 2.39. The topological polar surface area (TPSA) is 62.3 Å². The quantitative estimate of drug-likeness (QED) is 0.936. The summed E-state index contributed by atoms with van der Waals surface area (Å²) in [6.07, 6.45) is 2.51. The second kappa shape index (κ2) is 5.77. The zero-order valence-corrected chi connectivity index (χ0v) is 12.4. The molecule has 0 fully saturated rings. The minimum atomic E-state index is -0.149. The summed E-state index contributed by atoms with van der Waals surface area (Å²) in [7, 11) is 0. The summed E-state index contributed by atoms with van der Waals surface area (Å²) in [5, 5.41) is 4.53. The summed E-state index contributed by atoms with van der Waals surface area (Å²) in [5.74, 6) is 1.54. The number of rotatable bonds is 4. The number of fused-ring (bicyclic) bond motifs is 1. The molecule has 5 heteroatoms. The number of benzene rings is 1. The lowest BCUT2D eigenvalue weighted by Gasteiger charge is -2.30. The van der Waals surface area contributed by atoms with Gasteiger partial charge in [0.1, 0.15) is 12.7 Å². The van der Waals surface area contributed by atoms with Gasteiger partial charge in [0, 0.05) is 18.7 Å². The first kappa shape index (κ1) is 13.9. The van der Waals surface area contributed by atoms with E-state index in [1.54, 1.807) is 0 Å². The number of hydrogen-bond acceptors (Lipinski definition) is 4. The SMILES string of the molecule is CC(C)n1ccc(CC(N)C2COc3ccccc3O2)n1. The molecule has 1 aliphatic heterocycles. The third kappa shape index (κ3) is 3.03. The Hall–Kier alpha value is -2.01. The number of aromatic nitrogens is 2. The first-order valence-electron chi connectivity index (χ1n) is 7.31. The van der Waals surface area contributed by atoms with Gasteiger partial charge in [0.05, 0.1) is 11.7 Å². The van der Waals surface area contributed by atoms with Gasteiger partial charge < -0.3 is 15.2 Å². The van der Waals surface area contributed by atoms with Crippen molar-refractivity contribution in [2.75, 3.05) is 6.61 Å². The van der Waals surface area contributed by atoms with E-state index in [1.807, 2.05) is 41.2 Å². The Morgan fingerprint density at radius 1 is 1.29 bits per heavy atom. The van der Waals surface area contributed by atoms with Crippen molar-refractivity contribution in [3.8, 4) is 11.5 Å². The lowest BCUT2D eigenvalue weighted by Crippen LogP contribution is -2.46. The molecule has 3 rings (SSSR count). The van der Waals surface area contributed by atoms with Gasteiger partial charge in [-0.2, -0.15) is 5.10 Å². The monoisotopic (exact) mass is 287 g/mol. The standard InChI is InChI=1S/C16H21N3O2/c1-11(2)19-8-7-12(18-19)9-13(17)16-10-20-14-5-3-4-6-15(14)21-16/h3-8,11,13,16H,9-10,17H2,1-2H3. The van der Waals surface area contributed by atoms with E-state index in [2.05, 4.69) is 18.9 Å². The molecule has 0 amide bonds. The molecule has 2 N–H and O–H groups in total. The molecule has 0 spiro atoms. The first-order valence-corrected chi connectivity index (χ1v) is 7.31. The number of nitrogens with two attached hydrogens (primary N) is 1. The summed E-state index contributed by atoms with van der Waals surface area (Å²) in [6.45, 7) is 4.68. The van der Waals surface area contributed by atoms with Crippen molar-refractivity contribution in [2.24, 2.45) is 5.73 Å². The van der Waals surface area contributed by atoms with Gasteiger partial charge in [-0.15, -0.1) is 0 Å². The Morgan fingerprint density at radius 3 is 2.76 bits per heavy atom. The fraction of sp³-hybridized carbons (Fsp3) is 0.438. The molecule has 2 aromatic rings. The van der Waals surface area contributed by atoms with Crippen LogP contribution in [-0.4, -0.2) is 28.5 Å². The Kier molecular flexibility index (Phi) is 3.84. The summed E-state index contributed by atoms with van der Waals surface area (Å²) in [4.78, 5) is 0. The predicted molar refractivity (Wildman–Crippen MR) is 80.6 cm³/mol. The van der Waals surface area contributed by atoms with Gasteiger partial charge in [-0.05, 0) is 32.0 Å². The minimum absolute atomic E-state index is 0.145. The number of hydrogen-bond donors (Lipinski definition) is 1. The Morgan fingerprint density at radius 2 is 2.05 bits per heavy atom. The average molecular weight is 287 g/mol. The van der Waals surface area contributed by atoms with Crippen LogP contribution in [0, 0.1) is 0 Å². The van der Waals surface area contributed by atoms with E-state index in [9.17, 15) is 0 Å². The highest BCUT2D eigenvalue weighted by molar-refractivity contribution is 5.40. The van der Waals surface area contributed by atoms with Crippen molar-refractivity contribution in [2.45, 2.75) is 38.5 Å². The third-order valence-corrected chi connectivity index (χ3v) is 3.65. The van der Waals surface area contributed by atoms with Gasteiger partial charge in [0.15, 0.2) is 11.5 Å². The summed E-state index contributed by atoms with van der Waals surface area (Å²) in [6, 6.07) is 9.90. The highest BCUT2D eigenvalue weighted by Gasteiger charge is 2.27. The summed E-state index contributed by atoms with van der Waals surface area (Å²) in [5.41, 5.74) is 7.25. The van der Waals surface area contributed by atoms with E-state index < -0.39 is 0 Å². The molecule has 2 atom stereocenters. The van der Waals surface area contributed by atoms with Crippen LogP contribution in [0.5, 0.6) is 11.5 Å². The van der Waals surface area contributed by atoms with Crippen molar-refractivity contribution in [1.82, 2.24) is 9.78 Å². The maximum atomic E-state index is 6.27. The molecule has 112 valence electrons. The van der Waals surface area contributed by atoms with Crippen LogP contribution in [0.15, 0.2) is 36.5 Å². The molecule has 1 aliphatic rings. The fourth-order valence-corrected chi connectivity index (χ4v) is 2.39. The molecule has 0 aliphatic carbocycles. The van der Waals surface area contributed by atoms with Crippen LogP contribution < -0.4 is 15.2 Å². The van der Waals surface area contributed by atoms with Crippen LogP contribution in [0.4, 0.5) is 0 Å². The van der Waals surface area contributed by atoms with Crippen molar-refractivity contribution < 1.29 is 9.47 Å². The zero-order valence-electron chi connectivity index (χ0n) is 12.4. The number of ether oxygens (including phenoxy) is 2. The predicted octanol–water partition coefficient (Wildman–Crippen LogP) is 2.17. The molecular formula is C16H21N3O2. The van der Waals surface area contributed by atoms with E-state index in [-0.39, 0.29) is 12.1 Å². The number of nitrogens with zero attached hydrogens (tertiary/aromatic N) is 2. The number of para-hydroxylation sites is 2. The van der Waals surface area contributed by atoms with E-state index in [1.165, 1.54) is 0 Å². The smallest absolute Gasteiger partial charge is 0.161 e. The van der Waals surface area contributed by atoms with Gasteiger partial charge in [0.25, 0.3) is 0 Å². The molecule has 2 heterocycles. The molecule has 1 aromatic carbocycles. The van der Waals surface area contributed by atoms with E-state index in [0.29, 0.717) is 19.1 Å². The molecule has 5 nitrogen and oxygen atoms in total. The summed E-state index contributed by atoms with van der Waals surface area (Å²) < 4.78 is 13.6. The van der Waals surface area contributed by atoms with Crippen LogP contribution in [0.2, 0.25) is 0 Å². The Balaban J connectivity index is 1.65. The third-order valence-electron chi connectivity index (χ3n) is 3.65. The zero-order chi connectivity index (χ0) is 14.8. The van der Waals surface area contributed by atoms with Gasteiger partial charge in [-0.25, -0.2) is 0 Å². The molecule has 1 aromatic heterocycles.